The van der Waals surface area contributed by atoms with Crippen LogP contribution < -0.4 is 10.5 Å². The van der Waals surface area contributed by atoms with Gasteiger partial charge in [-0.3, -0.25) is 0 Å². The SMILES string of the molecule is COCC(SC(C)C)c1ccc(OC)cc1N. The van der Waals surface area contributed by atoms with Gasteiger partial charge in [-0.05, 0) is 16.9 Å². The molecule has 96 valence electrons. The Morgan fingerprint density at radius 1 is 1.29 bits per heavy atom. The molecule has 1 aromatic carbocycles. The number of nitrogens with two attached hydrogens (primary N) is 1. The first kappa shape index (κ1) is 14.2. The largest absolute Gasteiger partial charge is 0.497 e. The van der Waals surface area contributed by atoms with E-state index in [4.69, 9.17) is 15.2 Å². The van der Waals surface area contributed by atoms with E-state index in [-0.39, 0.29) is 5.25 Å². The Bertz CT molecular complexity index is 355. The van der Waals surface area contributed by atoms with Crippen molar-refractivity contribution in [3.63, 3.8) is 0 Å². The summed E-state index contributed by atoms with van der Waals surface area (Å²) in [6, 6.07) is 5.82. The number of anilines is 1. The zero-order valence-corrected chi connectivity index (χ0v) is 11.7. The van der Waals surface area contributed by atoms with Crippen LogP contribution in [0, 0.1) is 0 Å². The normalized spacial score (nSPS) is 12.8. The average Bonchev–Trinajstić information content (AvgIpc) is 2.27. The van der Waals surface area contributed by atoms with Crippen LogP contribution in [0.3, 0.4) is 0 Å². The van der Waals surface area contributed by atoms with Crippen molar-refractivity contribution in [2.24, 2.45) is 0 Å². The molecule has 0 amide bonds. The van der Waals surface area contributed by atoms with E-state index in [0.29, 0.717) is 11.9 Å². The van der Waals surface area contributed by atoms with Crippen LogP contribution in [-0.2, 0) is 4.74 Å². The van der Waals surface area contributed by atoms with Gasteiger partial charge in [-0.15, -0.1) is 11.8 Å². The van der Waals surface area contributed by atoms with Crippen LogP contribution in [0.4, 0.5) is 5.69 Å². The molecular formula is C13H21NO2S. The van der Waals surface area contributed by atoms with Crippen LogP contribution in [0.5, 0.6) is 5.75 Å². The van der Waals surface area contributed by atoms with Gasteiger partial charge in [0.1, 0.15) is 5.75 Å². The molecule has 1 atom stereocenters. The van der Waals surface area contributed by atoms with Crippen LogP contribution >= 0.6 is 11.8 Å². The van der Waals surface area contributed by atoms with Crippen molar-refractivity contribution < 1.29 is 9.47 Å². The second-order valence-corrected chi connectivity index (χ2v) is 5.91. The Morgan fingerprint density at radius 3 is 2.47 bits per heavy atom. The number of rotatable bonds is 6. The maximum Gasteiger partial charge on any atom is 0.120 e. The van der Waals surface area contributed by atoms with Gasteiger partial charge in [0, 0.05) is 18.9 Å². The topological polar surface area (TPSA) is 44.5 Å². The summed E-state index contributed by atoms with van der Waals surface area (Å²) in [4.78, 5) is 0. The minimum Gasteiger partial charge on any atom is -0.497 e. The predicted octanol–water partition coefficient (Wildman–Crippen LogP) is 3.11. The lowest BCUT2D eigenvalue weighted by Crippen LogP contribution is -2.08. The van der Waals surface area contributed by atoms with E-state index in [9.17, 15) is 0 Å². The highest BCUT2D eigenvalue weighted by atomic mass is 32.2. The third-order valence-corrected chi connectivity index (χ3v) is 3.66. The van der Waals surface area contributed by atoms with Crippen LogP contribution in [0.15, 0.2) is 18.2 Å². The molecule has 0 aromatic heterocycles. The summed E-state index contributed by atoms with van der Waals surface area (Å²) in [6.07, 6.45) is 0. The Kier molecular flexibility index (Phi) is 5.65. The van der Waals surface area contributed by atoms with Crippen molar-refractivity contribution in [3.05, 3.63) is 23.8 Å². The Balaban J connectivity index is 2.93. The highest BCUT2D eigenvalue weighted by Crippen LogP contribution is 2.36. The molecule has 3 nitrogen and oxygen atoms in total. The molecule has 0 spiro atoms. The second kappa shape index (κ2) is 6.77. The monoisotopic (exact) mass is 255 g/mol. The average molecular weight is 255 g/mol. The zero-order chi connectivity index (χ0) is 12.8. The molecule has 0 aliphatic heterocycles. The smallest absolute Gasteiger partial charge is 0.120 e. The van der Waals surface area contributed by atoms with E-state index >= 15 is 0 Å². The maximum atomic E-state index is 6.05. The number of nitrogen functional groups attached to an aromatic ring is 1. The first-order chi connectivity index (χ1) is 8.08. The summed E-state index contributed by atoms with van der Waals surface area (Å²) in [5, 5.41) is 0.808. The minimum absolute atomic E-state index is 0.269. The number of thioether (sulfide) groups is 1. The molecule has 1 rings (SSSR count). The van der Waals surface area contributed by atoms with E-state index in [1.165, 1.54) is 0 Å². The summed E-state index contributed by atoms with van der Waals surface area (Å²) < 4.78 is 10.4. The molecule has 2 N–H and O–H groups in total. The lowest BCUT2D eigenvalue weighted by molar-refractivity contribution is 0.200. The summed E-state index contributed by atoms with van der Waals surface area (Å²) >= 11 is 1.86. The van der Waals surface area contributed by atoms with Gasteiger partial charge in [-0.25, -0.2) is 0 Å². The molecule has 1 aromatic rings. The lowest BCUT2D eigenvalue weighted by atomic mass is 10.1. The molecule has 0 aliphatic rings. The van der Waals surface area contributed by atoms with Gasteiger partial charge in [0.05, 0.1) is 19.0 Å². The van der Waals surface area contributed by atoms with Crippen molar-refractivity contribution >= 4 is 17.4 Å². The molecule has 1 unspecified atom stereocenters. The highest BCUT2D eigenvalue weighted by molar-refractivity contribution is 8.00. The summed E-state index contributed by atoms with van der Waals surface area (Å²) in [5.41, 5.74) is 7.94. The van der Waals surface area contributed by atoms with Crippen LogP contribution in [0.1, 0.15) is 24.7 Å². The second-order valence-electron chi connectivity index (χ2n) is 4.12. The van der Waals surface area contributed by atoms with Crippen molar-refractivity contribution in [2.45, 2.75) is 24.3 Å². The Labute approximate surface area is 108 Å². The van der Waals surface area contributed by atoms with Crippen molar-refractivity contribution in [1.82, 2.24) is 0 Å². The quantitative estimate of drug-likeness (QED) is 0.793. The molecule has 0 saturated heterocycles. The number of ether oxygens (including phenoxy) is 2. The first-order valence-electron chi connectivity index (χ1n) is 5.66. The Hall–Kier alpha value is -0.870. The third-order valence-electron chi connectivity index (χ3n) is 2.40. The molecular weight excluding hydrogens is 234 g/mol. The maximum absolute atomic E-state index is 6.05. The Morgan fingerprint density at radius 2 is 2.00 bits per heavy atom. The number of methoxy groups -OCH3 is 2. The third kappa shape index (κ3) is 4.13. The number of benzene rings is 1. The molecule has 0 fully saturated rings. The molecule has 17 heavy (non-hydrogen) atoms. The van der Waals surface area contributed by atoms with Crippen LogP contribution in [0.25, 0.3) is 0 Å². The van der Waals surface area contributed by atoms with E-state index < -0.39 is 0 Å². The van der Waals surface area contributed by atoms with E-state index in [2.05, 4.69) is 13.8 Å². The van der Waals surface area contributed by atoms with Crippen molar-refractivity contribution in [3.8, 4) is 5.75 Å². The fourth-order valence-corrected chi connectivity index (χ4v) is 2.89. The van der Waals surface area contributed by atoms with Gasteiger partial charge in [-0.1, -0.05) is 19.9 Å². The lowest BCUT2D eigenvalue weighted by Gasteiger charge is -2.20. The number of hydrogen-bond donors (Lipinski definition) is 1. The van der Waals surface area contributed by atoms with Crippen LogP contribution in [0.2, 0.25) is 0 Å². The van der Waals surface area contributed by atoms with E-state index in [1.807, 2.05) is 30.0 Å². The molecule has 4 heteroatoms. The molecule has 0 heterocycles. The summed E-state index contributed by atoms with van der Waals surface area (Å²) in [6.45, 7) is 5.01. The molecule has 0 aliphatic carbocycles. The standard InChI is InChI=1S/C13H21NO2S/c1-9(2)17-13(8-15-3)11-6-5-10(16-4)7-12(11)14/h5-7,9,13H,8,14H2,1-4H3. The van der Waals surface area contributed by atoms with Gasteiger partial charge in [0.2, 0.25) is 0 Å². The number of hydrogen-bond acceptors (Lipinski definition) is 4. The van der Waals surface area contributed by atoms with E-state index in [0.717, 1.165) is 17.0 Å². The predicted molar refractivity (Wildman–Crippen MR) is 74.8 cm³/mol. The molecule has 0 saturated carbocycles. The van der Waals surface area contributed by atoms with Gasteiger partial charge in [0.25, 0.3) is 0 Å². The summed E-state index contributed by atoms with van der Waals surface area (Å²) in [7, 11) is 3.36. The summed E-state index contributed by atoms with van der Waals surface area (Å²) in [5.74, 6) is 0.789. The van der Waals surface area contributed by atoms with Gasteiger partial charge >= 0.3 is 0 Å². The van der Waals surface area contributed by atoms with E-state index in [1.54, 1.807) is 14.2 Å². The fourth-order valence-electron chi connectivity index (χ4n) is 1.66. The fraction of sp³-hybridized carbons (Fsp3) is 0.538. The van der Waals surface area contributed by atoms with Crippen molar-refractivity contribution in [2.75, 3.05) is 26.6 Å². The van der Waals surface area contributed by atoms with Crippen molar-refractivity contribution in [1.29, 1.82) is 0 Å². The zero-order valence-electron chi connectivity index (χ0n) is 10.9. The minimum atomic E-state index is 0.269. The first-order valence-corrected chi connectivity index (χ1v) is 6.60. The van der Waals surface area contributed by atoms with Gasteiger partial charge < -0.3 is 15.2 Å². The van der Waals surface area contributed by atoms with Crippen LogP contribution in [-0.4, -0.2) is 26.1 Å². The molecule has 0 radical (unpaired) electrons. The van der Waals surface area contributed by atoms with Gasteiger partial charge in [-0.2, -0.15) is 0 Å². The molecule has 0 bridgehead atoms. The highest BCUT2D eigenvalue weighted by Gasteiger charge is 2.16. The van der Waals surface area contributed by atoms with Gasteiger partial charge in [0.15, 0.2) is 0 Å².